The molecule has 0 saturated carbocycles. The molecule has 8 nitrogen and oxygen atoms in total. The van der Waals surface area contributed by atoms with E-state index in [1.165, 1.54) is 19.1 Å². The number of allylic oxidation sites excluding steroid dienone is 1. The van der Waals surface area contributed by atoms with Crippen LogP contribution in [0.1, 0.15) is 21.6 Å². The monoisotopic (exact) mass is 368 g/mol. The molecule has 1 heterocycles. The summed E-state index contributed by atoms with van der Waals surface area (Å²) in [6.07, 6.45) is 2.52. The van der Waals surface area contributed by atoms with Crippen LogP contribution in [0, 0.1) is 18.3 Å². The maximum atomic E-state index is 12.4. The van der Waals surface area contributed by atoms with Crippen molar-refractivity contribution in [3.05, 3.63) is 63.6 Å². The zero-order chi connectivity index (χ0) is 20.0. The number of carboxylic acid groups (broad SMARTS) is 1. The van der Waals surface area contributed by atoms with Gasteiger partial charge in [0, 0.05) is 11.8 Å². The topological polar surface area (TPSA) is 130 Å². The molecular weight excluding hydrogens is 352 g/mol. The average Bonchev–Trinajstić information content (AvgIpc) is 2.61. The quantitative estimate of drug-likeness (QED) is 0.562. The highest BCUT2D eigenvalue weighted by atomic mass is 16.5. The number of carbonyl (C=O) groups excluding carboxylic acids is 1. The van der Waals surface area contributed by atoms with Gasteiger partial charge in [0.2, 0.25) is 0 Å². The molecular formula is C19H16N2O6. The Morgan fingerprint density at radius 1 is 1.33 bits per heavy atom. The van der Waals surface area contributed by atoms with Crippen LogP contribution in [0.5, 0.6) is 11.5 Å². The average molecular weight is 368 g/mol. The summed E-state index contributed by atoms with van der Waals surface area (Å²) in [6, 6.07) is 9.60. The largest absolute Gasteiger partial charge is 0.507 e. The molecule has 8 heteroatoms. The lowest BCUT2D eigenvalue weighted by atomic mass is 10.1. The third kappa shape index (κ3) is 4.83. The van der Waals surface area contributed by atoms with Crippen LogP contribution in [0.4, 0.5) is 0 Å². The van der Waals surface area contributed by atoms with E-state index in [9.17, 15) is 19.5 Å². The summed E-state index contributed by atoms with van der Waals surface area (Å²) in [6.45, 7) is 0.723. The summed E-state index contributed by atoms with van der Waals surface area (Å²) >= 11 is 0. The fourth-order valence-corrected chi connectivity index (χ4v) is 2.39. The number of aromatic hydroxyl groups is 1. The molecule has 0 aliphatic heterocycles. The number of nitrogens with zero attached hydrogens (tertiary/aromatic N) is 2. The van der Waals surface area contributed by atoms with Crippen LogP contribution in [-0.4, -0.2) is 33.1 Å². The first kappa shape index (κ1) is 19.5. The van der Waals surface area contributed by atoms with E-state index < -0.39 is 35.2 Å². The Labute approximate surface area is 154 Å². The number of carboxylic acids is 1. The minimum atomic E-state index is -1.24. The van der Waals surface area contributed by atoms with E-state index in [4.69, 9.17) is 15.1 Å². The molecule has 0 radical (unpaired) electrons. The van der Waals surface area contributed by atoms with Gasteiger partial charge in [-0.3, -0.25) is 14.4 Å². The number of pyridine rings is 1. The Bertz CT molecular complexity index is 1010. The minimum Gasteiger partial charge on any atom is -0.507 e. The predicted molar refractivity (Wildman–Crippen MR) is 95.7 cm³/mol. The number of benzene rings is 1. The van der Waals surface area contributed by atoms with E-state index in [1.54, 1.807) is 24.3 Å². The molecule has 2 rings (SSSR count). The van der Waals surface area contributed by atoms with Crippen molar-refractivity contribution in [3.63, 3.8) is 0 Å². The summed E-state index contributed by atoms with van der Waals surface area (Å²) < 4.78 is 6.06. The van der Waals surface area contributed by atoms with E-state index in [0.717, 1.165) is 10.6 Å². The van der Waals surface area contributed by atoms with Gasteiger partial charge in [0.05, 0.1) is 0 Å². The second-order valence-corrected chi connectivity index (χ2v) is 5.55. The molecule has 1 aromatic carbocycles. The highest BCUT2D eigenvalue weighted by Crippen LogP contribution is 2.18. The number of ketones is 1. The second kappa shape index (κ2) is 8.49. The smallest absolute Gasteiger partial charge is 0.323 e. The van der Waals surface area contributed by atoms with Gasteiger partial charge in [-0.15, -0.1) is 0 Å². The van der Waals surface area contributed by atoms with Crippen molar-refractivity contribution in [2.75, 3.05) is 6.61 Å². The molecule has 138 valence electrons. The molecule has 0 amide bonds. The van der Waals surface area contributed by atoms with Crippen molar-refractivity contribution in [1.29, 1.82) is 5.26 Å². The maximum Gasteiger partial charge on any atom is 0.323 e. The van der Waals surface area contributed by atoms with Crippen LogP contribution in [0.3, 0.4) is 0 Å². The Morgan fingerprint density at radius 2 is 2.07 bits per heavy atom. The molecule has 1 aromatic heterocycles. The van der Waals surface area contributed by atoms with E-state index in [1.807, 2.05) is 6.07 Å². The highest BCUT2D eigenvalue weighted by molar-refractivity contribution is 6.08. The van der Waals surface area contributed by atoms with Crippen molar-refractivity contribution in [2.24, 2.45) is 0 Å². The molecule has 0 atom stereocenters. The molecule has 0 aliphatic carbocycles. The summed E-state index contributed by atoms with van der Waals surface area (Å²) in [5.74, 6) is -2.08. The number of hydrogen-bond acceptors (Lipinski definition) is 6. The van der Waals surface area contributed by atoms with Gasteiger partial charge < -0.3 is 19.5 Å². The van der Waals surface area contributed by atoms with Gasteiger partial charge in [0.25, 0.3) is 5.56 Å². The van der Waals surface area contributed by atoms with Crippen LogP contribution in [0.25, 0.3) is 6.08 Å². The van der Waals surface area contributed by atoms with Crippen LogP contribution < -0.4 is 10.3 Å². The number of aliphatic carboxylic acids is 1. The number of hydrogen-bond donors (Lipinski definition) is 2. The van der Waals surface area contributed by atoms with Crippen molar-refractivity contribution >= 4 is 17.8 Å². The summed E-state index contributed by atoms with van der Waals surface area (Å²) in [7, 11) is 0. The first-order valence-corrected chi connectivity index (χ1v) is 7.81. The Balaban J connectivity index is 2.33. The number of rotatable bonds is 7. The molecule has 0 saturated heterocycles. The zero-order valence-electron chi connectivity index (χ0n) is 14.4. The number of aromatic nitrogens is 1. The maximum absolute atomic E-state index is 12.4. The first-order valence-electron chi connectivity index (χ1n) is 7.81. The second-order valence-electron chi connectivity index (χ2n) is 5.55. The summed E-state index contributed by atoms with van der Waals surface area (Å²) in [5, 5.41) is 27.4. The molecule has 0 aliphatic rings. The standard InChI is InChI=1S/C19H16N2O6/c1-12-9-16(23)18(19(26)21(12)11-17(24)25)15(22)6-5-13-3-2-4-14(10-13)27-8-7-20/h2-6,9-10,23H,8,11H2,1H3,(H,24,25). The molecule has 2 N–H and O–H groups in total. The van der Waals surface area contributed by atoms with Crippen molar-refractivity contribution in [2.45, 2.75) is 13.5 Å². The third-order valence-corrected chi connectivity index (χ3v) is 3.61. The first-order chi connectivity index (χ1) is 12.8. The van der Waals surface area contributed by atoms with Crippen LogP contribution in [0.15, 0.2) is 41.2 Å². The van der Waals surface area contributed by atoms with Gasteiger partial charge in [-0.25, -0.2) is 0 Å². The van der Waals surface area contributed by atoms with Crippen LogP contribution in [0.2, 0.25) is 0 Å². The lowest BCUT2D eigenvalue weighted by Crippen LogP contribution is -2.30. The third-order valence-electron chi connectivity index (χ3n) is 3.61. The zero-order valence-corrected chi connectivity index (χ0v) is 14.4. The minimum absolute atomic E-state index is 0.119. The van der Waals surface area contributed by atoms with Crippen molar-refractivity contribution < 1.29 is 24.5 Å². The van der Waals surface area contributed by atoms with Gasteiger partial charge in [-0.05, 0) is 30.7 Å². The van der Waals surface area contributed by atoms with Gasteiger partial charge in [0.1, 0.15) is 29.7 Å². The number of carbonyl (C=O) groups is 2. The molecule has 0 bridgehead atoms. The molecule has 27 heavy (non-hydrogen) atoms. The van der Waals surface area contributed by atoms with Gasteiger partial charge in [-0.2, -0.15) is 5.26 Å². The Hall–Kier alpha value is -3.86. The molecule has 0 spiro atoms. The van der Waals surface area contributed by atoms with E-state index in [2.05, 4.69) is 0 Å². The molecule has 0 unspecified atom stereocenters. The van der Waals surface area contributed by atoms with Crippen molar-refractivity contribution in [3.8, 4) is 17.6 Å². The van der Waals surface area contributed by atoms with Gasteiger partial charge in [-0.1, -0.05) is 18.2 Å². The SMILES string of the molecule is Cc1cc(O)c(C(=O)C=Cc2cccc(OCC#N)c2)c(=O)n1CC(=O)O. The Morgan fingerprint density at radius 3 is 2.74 bits per heavy atom. The highest BCUT2D eigenvalue weighted by Gasteiger charge is 2.18. The lowest BCUT2D eigenvalue weighted by molar-refractivity contribution is -0.137. The van der Waals surface area contributed by atoms with E-state index in [0.29, 0.717) is 11.3 Å². The van der Waals surface area contributed by atoms with Gasteiger partial charge in [0.15, 0.2) is 12.4 Å². The van der Waals surface area contributed by atoms with E-state index >= 15 is 0 Å². The number of ether oxygens (including phenoxy) is 1. The normalized spacial score (nSPS) is 10.5. The number of aryl methyl sites for hydroxylation is 1. The fraction of sp³-hybridized carbons (Fsp3) is 0.158. The van der Waals surface area contributed by atoms with E-state index in [-0.39, 0.29) is 12.3 Å². The van der Waals surface area contributed by atoms with Crippen molar-refractivity contribution in [1.82, 2.24) is 4.57 Å². The Kier molecular flexibility index (Phi) is 6.12. The summed E-state index contributed by atoms with van der Waals surface area (Å²) in [5.41, 5.74) is -0.579. The summed E-state index contributed by atoms with van der Waals surface area (Å²) in [4.78, 5) is 35.7. The van der Waals surface area contributed by atoms with Crippen LogP contribution >= 0.6 is 0 Å². The molecule has 0 fully saturated rings. The fourth-order valence-electron chi connectivity index (χ4n) is 2.39. The molecule has 2 aromatic rings. The predicted octanol–water partition coefficient (Wildman–Crippen LogP) is 1.75. The number of nitriles is 1. The lowest BCUT2D eigenvalue weighted by Gasteiger charge is -2.10. The van der Waals surface area contributed by atoms with Gasteiger partial charge >= 0.3 is 5.97 Å². The van der Waals surface area contributed by atoms with Crippen LogP contribution in [-0.2, 0) is 11.3 Å².